The van der Waals surface area contributed by atoms with Gasteiger partial charge in [-0.15, -0.1) is 0 Å². The lowest BCUT2D eigenvalue weighted by Gasteiger charge is -2.26. The van der Waals surface area contributed by atoms with Gasteiger partial charge in [0.05, 0.1) is 13.0 Å². The topological polar surface area (TPSA) is 49.4 Å². The molecular formula is C33H34N2O2. The van der Waals surface area contributed by atoms with Gasteiger partial charge in [-0.1, -0.05) is 91.2 Å². The van der Waals surface area contributed by atoms with Crippen LogP contribution in [-0.2, 0) is 29.1 Å². The molecule has 1 saturated carbocycles. The molecular weight excluding hydrogens is 456 g/mol. The highest BCUT2D eigenvalue weighted by Gasteiger charge is 2.28. The molecule has 0 bridgehead atoms. The van der Waals surface area contributed by atoms with Crippen molar-refractivity contribution in [1.29, 1.82) is 0 Å². The Morgan fingerprint density at radius 2 is 1.51 bits per heavy atom. The number of carbonyl (C=O) groups excluding carboxylic acids is 2. The fraction of sp³-hybridized carbons (Fsp3) is 0.273. The summed E-state index contributed by atoms with van der Waals surface area (Å²) in [6, 6.07) is 30.7. The van der Waals surface area contributed by atoms with Crippen LogP contribution in [0.4, 0.5) is 5.69 Å². The largest absolute Gasteiger partial charge is 0.352 e. The van der Waals surface area contributed by atoms with Crippen LogP contribution in [-0.4, -0.2) is 11.8 Å². The number of hydrogen-bond acceptors (Lipinski definition) is 2. The minimum Gasteiger partial charge on any atom is -0.352 e. The zero-order chi connectivity index (χ0) is 25.6. The summed E-state index contributed by atoms with van der Waals surface area (Å²) in [6.07, 6.45) is 4.50. The van der Waals surface area contributed by atoms with Crippen LogP contribution in [0, 0.1) is 12.8 Å². The molecule has 0 saturated heterocycles. The summed E-state index contributed by atoms with van der Waals surface area (Å²) in [5.74, 6) is 0.296. The second kappa shape index (κ2) is 11.4. The molecule has 37 heavy (non-hydrogen) atoms. The Morgan fingerprint density at radius 1 is 0.784 bits per heavy atom. The zero-order valence-electron chi connectivity index (χ0n) is 21.5. The second-order valence-corrected chi connectivity index (χ2v) is 10.2. The Kier molecular flexibility index (Phi) is 7.65. The maximum Gasteiger partial charge on any atom is 0.230 e. The van der Waals surface area contributed by atoms with E-state index in [0.29, 0.717) is 19.5 Å². The maximum atomic E-state index is 13.5. The Hall–Kier alpha value is -3.92. The summed E-state index contributed by atoms with van der Waals surface area (Å²) in [7, 11) is 0. The average Bonchev–Trinajstić information content (AvgIpc) is 3.46. The maximum absolute atomic E-state index is 13.5. The molecule has 2 amide bonds. The molecule has 0 radical (unpaired) electrons. The van der Waals surface area contributed by atoms with Crippen molar-refractivity contribution in [2.45, 2.75) is 52.1 Å². The van der Waals surface area contributed by atoms with Crippen molar-refractivity contribution >= 4 is 28.3 Å². The van der Waals surface area contributed by atoms with E-state index in [2.05, 4.69) is 60.8 Å². The van der Waals surface area contributed by atoms with E-state index in [0.717, 1.165) is 48.1 Å². The second-order valence-electron chi connectivity index (χ2n) is 10.2. The van der Waals surface area contributed by atoms with Crippen LogP contribution in [0.2, 0.25) is 0 Å². The first-order chi connectivity index (χ1) is 18.0. The molecule has 1 aliphatic carbocycles. The van der Waals surface area contributed by atoms with Crippen molar-refractivity contribution in [2.75, 3.05) is 4.90 Å². The third-order valence-corrected chi connectivity index (χ3v) is 7.31. The highest BCUT2D eigenvalue weighted by atomic mass is 16.2. The van der Waals surface area contributed by atoms with Crippen molar-refractivity contribution < 1.29 is 9.59 Å². The summed E-state index contributed by atoms with van der Waals surface area (Å²) in [5, 5.41) is 5.41. The van der Waals surface area contributed by atoms with Gasteiger partial charge in [0.15, 0.2) is 0 Å². The highest BCUT2D eigenvalue weighted by Crippen LogP contribution is 2.30. The highest BCUT2D eigenvalue weighted by molar-refractivity contribution is 5.95. The van der Waals surface area contributed by atoms with E-state index < -0.39 is 0 Å². The van der Waals surface area contributed by atoms with E-state index >= 15 is 0 Å². The number of carbonyl (C=O) groups is 2. The molecule has 4 aromatic carbocycles. The molecule has 1 fully saturated rings. The molecule has 4 aromatic rings. The van der Waals surface area contributed by atoms with Gasteiger partial charge >= 0.3 is 0 Å². The lowest BCUT2D eigenvalue weighted by molar-refractivity contribution is -0.122. The number of hydrogen-bond donors (Lipinski definition) is 1. The molecule has 0 unspecified atom stereocenters. The predicted molar refractivity (Wildman–Crippen MR) is 150 cm³/mol. The fourth-order valence-corrected chi connectivity index (χ4v) is 5.27. The number of benzene rings is 4. The van der Waals surface area contributed by atoms with E-state index in [1.54, 1.807) is 0 Å². The molecule has 4 nitrogen and oxygen atoms in total. The molecule has 1 aliphatic rings. The number of nitrogens with zero attached hydrogens (tertiary/aromatic N) is 1. The van der Waals surface area contributed by atoms with Gasteiger partial charge < -0.3 is 10.2 Å². The normalized spacial score (nSPS) is 13.5. The Bertz CT molecular complexity index is 1390. The molecule has 0 spiro atoms. The van der Waals surface area contributed by atoms with E-state index in [1.165, 1.54) is 16.3 Å². The number of amides is 2. The van der Waals surface area contributed by atoms with Crippen LogP contribution in [0.15, 0.2) is 91.0 Å². The predicted octanol–water partition coefficient (Wildman–Crippen LogP) is 6.73. The molecule has 4 heteroatoms. The minimum absolute atomic E-state index is 0.0143. The smallest absolute Gasteiger partial charge is 0.230 e. The summed E-state index contributed by atoms with van der Waals surface area (Å²) in [4.78, 5) is 28.0. The summed E-state index contributed by atoms with van der Waals surface area (Å²) < 4.78 is 0. The van der Waals surface area contributed by atoms with Crippen molar-refractivity contribution in [2.24, 2.45) is 5.92 Å². The molecule has 1 N–H and O–H groups in total. The van der Waals surface area contributed by atoms with Gasteiger partial charge in [-0.25, -0.2) is 0 Å². The van der Waals surface area contributed by atoms with Gasteiger partial charge in [0.25, 0.3) is 0 Å². The quantitative estimate of drug-likeness (QED) is 0.298. The first-order valence-corrected chi connectivity index (χ1v) is 13.3. The van der Waals surface area contributed by atoms with Crippen LogP contribution in [0.25, 0.3) is 10.8 Å². The van der Waals surface area contributed by atoms with Gasteiger partial charge in [0.1, 0.15) is 0 Å². The molecule has 5 rings (SSSR count). The SMILES string of the molecule is Cc1cccc(CN(C(=O)C2CCCC2)c2ccc(CC(=O)NCc3ccc4ccccc4c3)cc2)c1. The third kappa shape index (κ3) is 6.26. The monoisotopic (exact) mass is 490 g/mol. The van der Waals surface area contributed by atoms with Crippen molar-refractivity contribution in [3.05, 3.63) is 113 Å². The first-order valence-electron chi connectivity index (χ1n) is 13.3. The van der Waals surface area contributed by atoms with Crippen molar-refractivity contribution in [3.8, 4) is 0 Å². The lowest BCUT2D eigenvalue weighted by Crippen LogP contribution is -2.35. The summed E-state index contributed by atoms with van der Waals surface area (Å²) in [6.45, 7) is 3.14. The first kappa shape index (κ1) is 24.8. The Labute approximate surface area is 219 Å². The van der Waals surface area contributed by atoms with Gasteiger partial charge in [-0.05, 0) is 65.4 Å². The number of nitrogens with one attached hydrogen (secondary N) is 1. The summed E-state index contributed by atoms with van der Waals surface area (Å²) >= 11 is 0. The van der Waals surface area contributed by atoms with Crippen molar-refractivity contribution in [3.63, 3.8) is 0 Å². The minimum atomic E-state index is -0.0143. The van der Waals surface area contributed by atoms with Gasteiger partial charge in [0, 0.05) is 18.2 Å². The number of aryl methyl sites for hydroxylation is 1. The molecule has 0 aromatic heterocycles. The van der Waals surface area contributed by atoms with Gasteiger partial charge in [-0.2, -0.15) is 0 Å². The average molecular weight is 491 g/mol. The standard InChI is InChI=1S/C33H34N2O2/c1-24-7-6-8-27(19-24)23-35(33(37)29-10-3-4-11-29)31-17-14-25(15-18-31)21-32(36)34-22-26-13-16-28-9-2-5-12-30(28)20-26/h2,5-9,12-20,29H,3-4,10-11,21-23H2,1H3,(H,34,36). The van der Waals surface area contributed by atoms with Crippen LogP contribution >= 0.6 is 0 Å². The molecule has 0 heterocycles. The van der Waals surface area contributed by atoms with Gasteiger partial charge in [-0.3, -0.25) is 9.59 Å². The third-order valence-electron chi connectivity index (χ3n) is 7.31. The Balaban J connectivity index is 1.24. The molecule has 0 aliphatic heterocycles. The van der Waals surface area contributed by atoms with Gasteiger partial charge in [0.2, 0.25) is 11.8 Å². The van der Waals surface area contributed by atoms with E-state index in [1.807, 2.05) is 47.4 Å². The van der Waals surface area contributed by atoms with E-state index in [9.17, 15) is 9.59 Å². The lowest BCUT2D eigenvalue weighted by atomic mass is 10.0. The number of fused-ring (bicyclic) bond motifs is 1. The summed E-state index contributed by atoms with van der Waals surface area (Å²) in [5.41, 5.74) is 5.22. The fourth-order valence-electron chi connectivity index (χ4n) is 5.27. The van der Waals surface area contributed by atoms with Crippen LogP contribution in [0.3, 0.4) is 0 Å². The van der Waals surface area contributed by atoms with Crippen LogP contribution in [0.1, 0.15) is 47.9 Å². The molecule has 0 atom stereocenters. The van der Waals surface area contributed by atoms with Crippen LogP contribution < -0.4 is 10.2 Å². The number of anilines is 1. The zero-order valence-corrected chi connectivity index (χ0v) is 21.5. The Morgan fingerprint density at radius 3 is 2.27 bits per heavy atom. The van der Waals surface area contributed by atoms with Crippen LogP contribution in [0.5, 0.6) is 0 Å². The van der Waals surface area contributed by atoms with E-state index in [4.69, 9.17) is 0 Å². The number of rotatable bonds is 8. The van der Waals surface area contributed by atoms with Crippen molar-refractivity contribution in [1.82, 2.24) is 5.32 Å². The molecule has 188 valence electrons. The van der Waals surface area contributed by atoms with E-state index in [-0.39, 0.29) is 17.7 Å².